The zero-order valence-electron chi connectivity index (χ0n) is 16.2. The molecule has 0 saturated heterocycles. The number of carbonyl (C=O) groups excluding carboxylic acids is 1. The Morgan fingerprint density at radius 2 is 1.86 bits per heavy atom. The molecular formula is C21H21N5O3. The number of amides is 1. The highest BCUT2D eigenvalue weighted by Gasteiger charge is 2.10. The van der Waals surface area contributed by atoms with E-state index < -0.39 is 4.92 Å². The van der Waals surface area contributed by atoms with Gasteiger partial charge in [-0.05, 0) is 31.0 Å². The maximum absolute atomic E-state index is 11.1. The first-order valence-corrected chi connectivity index (χ1v) is 9.11. The molecule has 0 aliphatic carbocycles. The number of rotatable bonds is 7. The molecule has 0 atom stereocenters. The summed E-state index contributed by atoms with van der Waals surface area (Å²) in [6.07, 6.45) is 0.773. The molecule has 8 heteroatoms. The van der Waals surface area contributed by atoms with Gasteiger partial charge in [0.2, 0.25) is 5.91 Å². The number of benzene rings is 2. The van der Waals surface area contributed by atoms with Gasteiger partial charge in [-0.25, -0.2) is 9.97 Å². The van der Waals surface area contributed by atoms with E-state index in [4.69, 9.17) is 0 Å². The number of hydrogen-bond acceptors (Lipinski definition) is 6. The van der Waals surface area contributed by atoms with Crippen molar-refractivity contribution in [3.8, 4) is 11.4 Å². The lowest BCUT2D eigenvalue weighted by atomic mass is 10.1. The zero-order chi connectivity index (χ0) is 20.8. The number of carbonyl (C=O) groups is 1. The van der Waals surface area contributed by atoms with Crippen LogP contribution < -0.4 is 10.6 Å². The van der Waals surface area contributed by atoms with Crippen LogP contribution in [0.2, 0.25) is 0 Å². The summed E-state index contributed by atoms with van der Waals surface area (Å²) in [4.78, 5) is 30.5. The molecule has 1 amide bonds. The number of anilines is 2. The van der Waals surface area contributed by atoms with Crippen LogP contribution in [-0.2, 0) is 11.2 Å². The van der Waals surface area contributed by atoms with Crippen LogP contribution in [0.5, 0.6) is 0 Å². The van der Waals surface area contributed by atoms with Gasteiger partial charge in [0.05, 0.1) is 4.92 Å². The van der Waals surface area contributed by atoms with Crippen molar-refractivity contribution >= 4 is 23.1 Å². The molecule has 0 unspecified atom stereocenters. The van der Waals surface area contributed by atoms with Crippen molar-refractivity contribution in [3.05, 3.63) is 76.0 Å². The quantitative estimate of drug-likeness (QED) is 0.466. The molecule has 2 N–H and O–H groups in total. The molecule has 1 heterocycles. The minimum absolute atomic E-state index is 0.00447. The zero-order valence-corrected chi connectivity index (χ0v) is 16.2. The molecule has 0 aliphatic rings. The Morgan fingerprint density at radius 1 is 1.10 bits per heavy atom. The van der Waals surface area contributed by atoms with Gasteiger partial charge in [-0.1, -0.05) is 24.3 Å². The van der Waals surface area contributed by atoms with E-state index in [9.17, 15) is 14.9 Å². The van der Waals surface area contributed by atoms with Gasteiger partial charge in [-0.15, -0.1) is 0 Å². The number of nitro benzene ring substituents is 1. The second-order valence-corrected chi connectivity index (χ2v) is 6.58. The van der Waals surface area contributed by atoms with Gasteiger partial charge in [0, 0.05) is 48.6 Å². The summed E-state index contributed by atoms with van der Waals surface area (Å²) in [5.74, 6) is 1.00. The smallest absolute Gasteiger partial charge is 0.270 e. The van der Waals surface area contributed by atoms with Crippen LogP contribution in [0.1, 0.15) is 18.2 Å². The van der Waals surface area contributed by atoms with Crippen LogP contribution in [0.4, 0.5) is 17.2 Å². The van der Waals surface area contributed by atoms with E-state index in [1.54, 1.807) is 12.1 Å². The van der Waals surface area contributed by atoms with Crippen molar-refractivity contribution in [1.29, 1.82) is 0 Å². The second kappa shape index (κ2) is 8.92. The number of nitrogens with zero attached hydrogens (tertiary/aromatic N) is 3. The van der Waals surface area contributed by atoms with Crippen molar-refractivity contribution in [2.24, 2.45) is 0 Å². The Morgan fingerprint density at radius 3 is 2.55 bits per heavy atom. The minimum atomic E-state index is -0.435. The second-order valence-electron chi connectivity index (χ2n) is 6.58. The van der Waals surface area contributed by atoms with Crippen molar-refractivity contribution < 1.29 is 9.72 Å². The summed E-state index contributed by atoms with van der Waals surface area (Å²) < 4.78 is 0. The summed E-state index contributed by atoms with van der Waals surface area (Å²) >= 11 is 0. The van der Waals surface area contributed by atoms with Crippen molar-refractivity contribution in [2.75, 3.05) is 17.2 Å². The molecule has 0 saturated carbocycles. The summed E-state index contributed by atoms with van der Waals surface area (Å²) in [7, 11) is 0. The van der Waals surface area contributed by atoms with Crippen molar-refractivity contribution in [2.45, 2.75) is 20.3 Å². The lowest BCUT2D eigenvalue weighted by molar-refractivity contribution is -0.384. The van der Waals surface area contributed by atoms with Crippen LogP contribution in [-0.4, -0.2) is 27.3 Å². The number of hydrogen-bond donors (Lipinski definition) is 2. The van der Waals surface area contributed by atoms with Crippen molar-refractivity contribution in [3.63, 3.8) is 0 Å². The monoisotopic (exact) mass is 391 g/mol. The van der Waals surface area contributed by atoms with Gasteiger partial charge in [0.15, 0.2) is 5.82 Å². The largest absolute Gasteiger partial charge is 0.370 e. The topological polar surface area (TPSA) is 110 Å². The average Bonchev–Trinajstić information content (AvgIpc) is 2.68. The molecule has 0 radical (unpaired) electrons. The fourth-order valence-corrected chi connectivity index (χ4v) is 2.84. The molecule has 0 fully saturated rings. The van der Waals surface area contributed by atoms with Crippen LogP contribution in [0.3, 0.4) is 0 Å². The molecule has 8 nitrogen and oxygen atoms in total. The Bertz CT molecular complexity index is 1030. The molecule has 0 spiro atoms. The van der Waals surface area contributed by atoms with Crippen LogP contribution in [0.25, 0.3) is 11.4 Å². The Kier molecular flexibility index (Phi) is 6.13. The molecule has 29 heavy (non-hydrogen) atoms. The number of non-ortho nitro benzene ring substituents is 1. The SMILES string of the molecule is CC(=O)Nc1ccc(CCNc2cc(C)nc(-c3cccc([N+](=O)[O-])c3)n2)cc1. The van der Waals surface area contributed by atoms with Gasteiger partial charge >= 0.3 is 0 Å². The first-order chi connectivity index (χ1) is 13.9. The highest BCUT2D eigenvalue weighted by Crippen LogP contribution is 2.22. The summed E-state index contributed by atoms with van der Waals surface area (Å²) in [6, 6.07) is 15.8. The maximum atomic E-state index is 11.1. The number of aryl methyl sites for hydroxylation is 1. The molecule has 0 bridgehead atoms. The first kappa shape index (κ1) is 19.9. The first-order valence-electron chi connectivity index (χ1n) is 9.11. The van der Waals surface area contributed by atoms with E-state index in [2.05, 4.69) is 20.6 Å². The fourth-order valence-electron chi connectivity index (χ4n) is 2.84. The summed E-state index contributed by atoms with van der Waals surface area (Å²) in [6.45, 7) is 3.99. The molecule has 3 aromatic rings. The molecule has 2 aromatic carbocycles. The predicted octanol–water partition coefficient (Wildman–Crippen LogP) is 3.97. The van der Waals surface area contributed by atoms with Crippen LogP contribution in [0, 0.1) is 17.0 Å². The van der Waals surface area contributed by atoms with E-state index >= 15 is 0 Å². The van der Waals surface area contributed by atoms with Gasteiger partial charge in [0.25, 0.3) is 5.69 Å². The third kappa shape index (κ3) is 5.58. The highest BCUT2D eigenvalue weighted by molar-refractivity contribution is 5.88. The van der Waals surface area contributed by atoms with Gasteiger partial charge in [-0.2, -0.15) is 0 Å². The molecule has 3 rings (SSSR count). The number of aromatic nitrogens is 2. The lowest BCUT2D eigenvalue weighted by Gasteiger charge is -2.09. The van der Waals surface area contributed by atoms with Gasteiger partial charge in [-0.3, -0.25) is 14.9 Å². The normalized spacial score (nSPS) is 10.4. The Balaban J connectivity index is 1.67. The fraction of sp³-hybridized carbons (Fsp3) is 0.190. The third-order valence-electron chi connectivity index (χ3n) is 4.16. The van der Waals surface area contributed by atoms with Gasteiger partial charge < -0.3 is 10.6 Å². The predicted molar refractivity (Wildman–Crippen MR) is 112 cm³/mol. The number of nitrogens with one attached hydrogen (secondary N) is 2. The van der Waals surface area contributed by atoms with Crippen LogP contribution in [0.15, 0.2) is 54.6 Å². The molecular weight excluding hydrogens is 370 g/mol. The highest BCUT2D eigenvalue weighted by atomic mass is 16.6. The minimum Gasteiger partial charge on any atom is -0.370 e. The van der Waals surface area contributed by atoms with E-state index in [0.717, 1.165) is 23.4 Å². The standard InChI is InChI=1S/C21H21N5O3/c1-14-12-20(22-11-10-16-6-8-18(9-7-16)24-15(2)27)25-21(23-14)17-4-3-5-19(13-17)26(28)29/h3-9,12-13H,10-11H2,1-2H3,(H,24,27)(H,22,23,25). The summed E-state index contributed by atoms with van der Waals surface area (Å²) in [5, 5.41) is 17.0. The van der Waals surface area contributed by atoms with Gasteiger partial charge in [0.1, 0.15) is 5.82 Å². The maximum Gasteiger partial charge on any atom is 0.270 e. The Hall–Kier alpha value is -3.81. The Labute approximate surface area is 168 Å². The number of nitro groups is 1. The molecule has 148 valence electrons. The molecule has 0 aliphatic heterocycles. The third-order valence-corrected chi connectivity index (χ3v) is 4.16. The van der Waals surface area contributed by atoms with E-state index in [1.807, 2.05) is 37.3 Å². The summed E-state index contributed by atoms with van der Waals surface area (Å²) in [5.41, 5.74) is 3.26. The van der Waals surface area contributed by atoms with E-state index in [-0.39, 0.29) is 11.6 Å². The lowest BCUT2D eigenvalue weighted by Crippen LogP contribution is -2.08. The van der Waals surface area contributed by atoms with Crippen LogP contribution >= 0.6 is 0 Å². The van der Waals surface area contributed by atoms with Crippen molar-refractivity contribution in [1.82, 2.24) is 9.97 Å². The average molecular weight is 391 g/mol. The molecule has 1 aromatic heterocycles. The van der Waals surface area contributed by atoms with E-state index in [1.165, 1.54) is 19.1 Å². The van der Waals surface area contributed by atoms with E-state index in [0.29, 0.717) is 23.8 Å².